The van der Waals surface area contributed by atoms with Gasteiger partial charge in [-0.05, 0) is 6.07 Å². The van der Waals surface area contributed by atoms with E-state index in [1.807, 2.05) is 24.3 Å². The Bertz CT molecular complexity index is 754. The molecule has 1 aromatic carbocycles. The largest absolute Gasteiger partial charge is 0.368 e. The number of hydrazone groups is 1. The van der Waals surface area contributed by atoms with Gasteiger partial charge in [0.25, 0.3) is 5.91 Å². The number of nitrogens with two attached hydrogens (primary N) is 1. The van der Waals surface area contributed by atoms with Crippen LogP contribution in [0.25, 0.3) is 10.9 Å². The van der Waals surface area contributed by atoms with Crippen LogP contribution in [0, 0.1) is 11.3 Å². The van der Waals surface area contributed by atoms with Crippen LogP contribution in [0.4, 0.5) is 0 Å². The molecule has 0 saturated heterocycles. The minimum Gasteiger partial charge on any atom is -0.368 e. The minimum absolute atomic E-state index is 0.0646. The number of hydrogen-bond acceptors (Lipinski definition) is 4. The van der Waals surface area contributed by atoms with E-state index in [-0.39, 0.29) is 13.0 Å². The number of fused-ring (bicyclic) bond motifs is 1. The first kappa shape index (κ1) is 14.3. The Hall–Kier alpha value is -3.14. The minimum atomic E-state index is -0.477. The van der Waals surface area contributed by atoms with Gasteiger partial charge in [0, 0.05) is 22.7 Å². The molecule has 0 unspecified atom stereocenters. The number of amides is 2. The summed E-state index contributed by atoms with van der Waals surface area (Å²) in [4.78, 5) is 22.2. The summed E-state index contributed by atoms with van der Waals surface area (Å²) in [7, 11) is 0. The third-order valence-corrected chi connectivity index (χ3v) is 2.78. The predicted molar refractivity (Wildman–Crippen MR) is 77.1 cm³/mol. The van der Waals surface area contributed by atoms with Gasteiger partial charge in [-0.15, -0.1) is 0 Å². The van der Waals surface area contributed by atoms with Crippen molar-refractivity contribution in [3.8, 4) is 6.07 Å². The second-order valence-corrected chi connectivity index (χ2v) is 4.32. The molecule has 0 saturated carbocycles. The topological polar surface area (TPSA) is 113 Å². The van der Waals surface area contributed by atoms with Crippen molar-refractivity contribution >= 4 is 28.9 Å². The van der Waals surface area contributed by atoms with E-state index in [0.717, 1.165) is 16.5 Å². The maximum Gasteiger partial charge on any atom is 0.254 e. The highest BCUT2D eigenvalue weighted by atomic mass is 16.2. The maximum absolute atomic E-state index is 11.1. The van der Waals surface area contributed by atoms with E-state index in [2.05, 4.69) is 10.5 Å². The van der Waals surface area contributed by atoms with Gasteiger partial charge in [0.05, 0.1) is 12.3 Å². The zero-order valence-electron chi connectivity index (χ0n) is 11.1. The van der Waals surface area contributed by atoms with E-state index in [0.29, 0.717) is 0 Å². The Morgan fingerprint density at radius 1 is 1.43 bits per heavy atom. The molecule has 2 rings (SSSR count). The normalized spacial score (nSPS) is 10.6. The average Bonchev–Trinajstić information content (AvgIpc) is 2.77. The molecule has 106 valence electrons. The summed E-state index contributed by atoms with van der Waals surface area (Å²) in [6.45, 7) is 0.0646. The molecule has 2 aromatic rings. The van der Waals surface area contributed by atoms with Gasteiger partial charge in [0.1, 0.15) is 13.0 Å². The maximum atomic E-state index is 11.1. The Kier molecular flexibility index (Phi) is 4.31. The first-order chi connectivity index (χ1) is 10.1. The summed E-state index contributed by atoms with van der Waals surface area (Å²) in [6, 6.07) is 9.20. The van der Waals surface area contributed by atoms with Crippen LogP contribution in [-0.4, -0.2) is 22.6 Å². The number of carbonyl (C=O) groups excluding carboxylic acids is 2. The molecule has 0 fully saturated rings. The summed E-state index contributed by atoms with van der Waals surface area (Å²) in [5.74, 6) is -0.920. The van der Waals surface area contributed by atoms with Gasteiger partial charge >= 0.3 is 0 Å². The van der Waals surface area contributed by atoms with Crippen molar-refractivity contribution in [3.05, 3.63) is 36.0 Å². The van der Waals surface area contributed by atoms with Crippen LogP contribution in [0.1, 0.15) is 12.0 Å². The van der Waals surface area contributed by atoms with E-state index in [4.69, 9.17) is 11.0 Å². The summed E-state index contributed by atoms with van der Waals surface area (Å²) in [5.41, 5.74) is 9.06. The first-order valence-corrected chi connectivity index (χ1v) is 6.17. The van der Waals surface area contributed by atoms with Crippen LogP contribution >= 0.6 is 0 Å². The number of hydrogen-bond donors (Lipinski definition) is 2. The Balaban J connectivity index is 2.28. The number of primary amides is 1. The van der Waals surface area contributed by atoms with Crippen molar-refractivity contribution in [3.63, 3.8) is 0 Å². The van der Waals surface area contributed by atoms with Gasteiger partial charge in [-0.3, -0.25) is 9.59 Å². The van der Waals surface area contributed by atoms with E-state index in [1.54, 1.807) is 16.8 Å². The smallest absolute Gasteiger partial charge is 0.254 e. The summed E-state index contributed by atoms with van der Waals surface area (Å²) in [6.07, 6.45) is 2.95. The highest BCUT2D eigenvalue weighted by Gasteiger charge is 2.08. The van der Waals surface area contributed by atoms with Gasteiger partial charge < -0.3 is 10.3 Å². The third-order valence-electron chi connectivity index (χ3n) is 2.78. The Morgan fingerprint density at radius 2 is 2.19 bits per heavy atom. The van der Waals surface area contributed by atoms with Crippen molar-refractivity contribution in [2.75, 3.05) is 0 Å². The van der Waals surface area contributed by atoms with Gasteiger partial charge in [-0.25, -0.2) is 5.43 Å². The molecule has 0 radical (unpaired) electrons. The van der Waals surface area contributed by atoms with Gasteiger partial charge in [0.15, 0.2) is 0 Å². The van der Waals surface area contributed by atoms with Crippen molar-refractivity contribution in [2.24, 2.45) is 10.8 Å². The SMILES string of the molecule is N#CCC(=O)NN=Cc1cn(CC(N)=O)c2ccccc12. The molecule has 0 aliphatic carbocycles. The lowest BCUT2D eigenvalue weighted by Gasteiger charge is -2.00. The lowest BCUT2D eigenvalue weighted by molar-refractivity contribution is -0.120. The number of aromatic nitrogens is 1. The zero-order chi connectivity index (χ0) is 15.2. The van der Waals surface area contributed by atoms with E-state index in [1.165, 1.54) is 6.21 Å². The molecule has 0 spiro atoms. The molecule has 0 aliphatic rings. The predicted octanol–water partition coefficient (Wildman–Crippen LogP) is 0.490. The summed E-state index contributed by atoms with van der Waals surface area (Å²) < 4.78 is 1.72. The number of nitrogens with one attached hydrogen (secondary N) is 1. The van der Waals surface area contributed by atoms with E-state index < -0.39 is 11.8 Å². The van der Waals surface area contributed by atoms with Crippen LogP contribution in [0.2, 0.25) is 0 Å². The number of nitrogens with zero attached hydrogens (tertiary/aromatic N) is 3. The second kappa shape index (κ2) is 6.34. The quantitative estimate of drug-likeness (QED) is 0.614. The monoisotopic (exact) mass is 283 g/mol. The van der Waals surface area contributed by atoms with Crippen LogP contribution < -0.4 is 11.2 Å². The molecule has 3 N–H and O–H groups in total. The first-order valence-electron chi connectivity index (χ1n) is 6.17. The summed E-state index contributed by atoms with van der Waals surface area (Å²) in [5, 5.41) is 13.1. The molecular weight excluding hydrogens is 270 g/mol. The van der Waals surface area contributed by atoms with Crippen molar-refractivity contribution in [1.82, 2.24) is 9.99 Å². The fourth-order valence-corrected chi connectivity index (χ4v) is 1.96. The fraction of sp³-hybridized carbons (Fsp3) is 0.143. The van der Waals surface area contributed by atoms with Crippen molar-refractivity contribution in [2.45, 2.75) is 13.0 Å². The van der Waals surface area contributed by atoms with Gasteiger partial charge in [-0.2, -0.15) is 10.4 Å². The molecule has 2 amide bonds. The molecule has 0 bridgehead atoms. The molecular formula is C14H13N5O2. The zero-order valence-corrected chi connectivity index (χ0v) is 11.1. The second-order valence-electron chi connectivity index (χ2n) is 4.32. The highest BCUT2D eigenvalue weighted by molar-refractivity contribution is 6.00. The number of para-hydroxylation sites is 1. The number of benzene rings is 1. The van der Waals surface area contributed by atoms with Crippen LogP contribution in [0.3, 0.4) is 0 Å². The molecule has 7 heteroatoms. The Morgan fingerprint density at radius 3 is 2.90 bits per heavy atom. The molecule has 21 heavy (non-hydrogen) atoms. The number of carbonyl (C=O) groups is 2. The van der Waals surface area contributed by atoms with Gasteiger partial charge in [0.2, 0.25) is 5.91 Å². The standard InChI is InChI=1S/C14H13N5O2/c15-6-5-14(21)18-17-7-10-8-19(9-13(16)20)12-4-2-1-3-11(10)12/h1-4,7-8H,5,9H2,(H2,16,20)(H,18,21). The third kappa shape index (κ3) is 3.45. The van der Waals surface area contributed by atoms with E-state index in [9.17, 15) is 9.59 Å². The van der Waals surface area contributed by atoms with Crippen LogP contribution in [0.15, 0.2) is 35.6 Å². The number of nitriles is 1. The lowest BCUT2D eigenvalue weighted by atomic mass is 10.2. The fourth-order valence-electron chi connectivity index (χ4n) is 1.96. The van der Waals surface area contributed by atoms with Crippen LogP contribution in [0.5, 0.6) is 0 Å². The summed E-state index contributed by atoms with van der Waals surface area (Å²) >= 11 is 0. The molecule has 1 aromatic heterocycles. The highest BCUT2D eigenvalue weighted by Crippen LogP contribution is 2.19. The lowest BCUT2D eigenvalue weighted by Crippen LogP contribution is -2.18. The van der Waals surface area contributed by atoms with Crippen LogP contribution in [-0.2, 0) is 16.1 Å². The Labute approximate surface area is 120 Å². The average molecular weight is 283 g/mol. The molecule has 1 heterocycles. The molecule has 0 aliphatic heterocycles. The number of rotatable bonds is 5. The van der Waals surface area contributed by atoms with Crippen molar-refractivity contribution in [1.29, 1.82) is 5.26 Å². The van der Waals surface area contributed by atoms with Gasteiger partial charge in [-0.1, -0.05) is 18.2 Å². The molecule has 0 atom stereocenters. The molecule has 7 nitrogen and oxygen atoms in total. The van der Waals surface area contributed by atoms with E-state index >= 15 is 0 Å². The van der Waals surface area contributed by atoms with Crippen molar-refractivity contribution < 1.29 is 9.59 Å².